The summed E-state index contributed by atoms with van der Waals surface area (Å²) < 4.78 is 4.61. The van der Waals surface area contributed by atoms with Crippen molar-refractivity contribution in [2.24, 2.45) is 5.92 Å². The molecule has 1 fully saturated rings. The lowest BCUT2D eigenvalue weighted by Gasteiger charge is -2.14. The number of esters is 1. The van der Waals surface area contributed by atoms with Crippen LogP contribution in [0.15, 0.2) is 18.9 Å². The number of ether oxygens (including phenoxy) is 1. The highest BCUT2D eigenvalue weighted by Gasteiger charge is 2.32. The van der Waals surface area contributed by atoms with Crippen LogP contribution in [0.25, 0.3) is 0 Å². The van der Waals surface area contributed by atoms with Crippen molar-refractivity contribution in [1.82, 2.24) is 10.2 Å². The number of rotatable bonds is 3. The van der Waals surface area contributed by atoms with Crippen LogP contribution in [0.4, 0.5) is 5.69 Å². The predicted molar refractivity (Wildman–Crippen MR) is 60.6 cm³/mol. The molecule has 0 saturated carbocycles. The van der Waals surface area contributed by atoms with Crippen LogP contribution in [0.3, 0.4) is 0 Å². The molecule has 1 aromatic heterocycles. The highest BCUT2D eigenvalue weighted by Crippen LogP contribution is 2.27. The number of nitrogens with one attached hydrogen (secondary N) is 1. The molecule has 1 atom stereocenters. The lowest BCUT2D eigenvalue weighted by molar-refractivity contribution is -0.117. The molecule has 1 aromatic rings. The fourth-order valence-corrected chi connectivity index (χ4v) is 1.86. The molecule has 1 N–H and O–H groups in total. The second kappa shape index (κ2) is 4.40. The molecular weight excluding hydrogens is 222 g/mol. The molecule has 1 amide bonds. The van der Waals surface area contributed by atoms with Crippen molar-refractivity contribution in [3.05, 3.63) is 24.5 Å². The van der Waals surface area contributed by atoms with E-state index in [1.165, 1.54) is 18.2 Å². The fourth-order valence-electron chi connectivity index (χ4n) is 1.86. The zero-order valence-electron chi connectivity index (χ0n) is 9.47. The van der Waals surface area contributed by atoms with E-state index in [9.17, 15) is 9.59 Å². The molecule has 6 nitrogen and oxygen atoms in total. The molecule has 1 aliphatic rings. The topological polar surface area (TPSA) is 75.3 Å². The van der Waals surface area contributed by atoms with E-state index in [1.807, 2.05) is 0 Å². The number of anilines is 1. The van der Waals surface area contributed by atoms with Gasteiger partial charge >= 0.3 is 5.97 Å². The molecule has 1 unspecified atom stereocenters. The Bertz CT molecular complexity index is 466. The van der Waals surface area contributed by atoms with Gasteiger partial charge in [0.1, 0.15) is 0 Å². The summed E-state index contributed by atoms with van der Waals surface area (Å²) in [6, 6.07) is 0. The Labute approximate surface area is 98.2 Å². The van der Waals surface area contributed by atoms with E-state index < -0.39 is 5.97 Å². The van der Waals surface area contributed by atoms with Crippen LogP contribution in [0, 0.1) is 5.92 Å². The molecule has 6 heteroatoms. The van der Waals surface area contributed by atoms with E-state index in [0.717, 1.165) is 0 Å². The monoisotopic (exact) mass is 235 g/mol. The number of hydrogen-bond acceptors (Lipinski definition) is 4. The maximum absolute atomic E-state index is 11.8. The lowest BCUT2D eigenvalue weighted by atomic mass is 10.1. The van der Waals surface area contributed by atoms with Crippen molar-refractivity contribution in [1.29, 1.82) is 0 Å². The Hall–Kier alpha value is -2.11. The van der Waals surface area contributed by atoms with Crippen molar-refractivity contribution >= 4 is 17.6 Å². The zero-order valence-corrected chi connectivity index (χ0v) is 9.47. The first kappa shape index (κ1) is 11.4. The van der Waals surface area contributed by atoms with E-state index in [4.69, 9.17) is 0 Å². The van der Waals surface area contributed by atoms with Crippen molar-refractivity contribution < 1.29 is 14.3 Å². The quantitative estimate of drug-likeness (QED) is 0.619. The SMILES string of the molecule is C=CC1CC(=O)N(c2cn[nH]c2C(=O)OC)C1. The molecule has 90 valence electrons. The minimum absolute atomic E-state index is 0.0403. The fraction of sp³-hybridized carbons (Fsp3) is 0.364. The first-order chi connectivity index (χ1) is 8.17. The average molecular weight is 235 g/mol. The van der Waals surface area contributed by atoms with Gasteiger partial charge in [-0.2, -0.15) is 5.10 Å². The highest BCUT2D eigenvalue weighted by molar-refractivity contribution is 6.02. The normalized spacial score (nSPS) is 19.5. The Morgan fingerprint density at radius 3 is 3.12 bits per heavy atom. The third kappa shape index (κ3) is 1.93. The number of aromatic amines is 1. The third-order valence-electron chi connectivity index (χ3n) is 2.79. The van der Waals surface area contributed by atoms with Gasteiger partial charge in [-0.05, 0) is 0 Å². The van der Waals surface area contributed by atoms with Gasteiger partial charge in [-0.15, -0.1) is 6.58 Å². The number of H-pyrrole nitrogens is 1. The molecule has 0 aliphatic carbocycles. The van der Waals surface area contributed by atoms with Gasteiger partial charge in [0, 0.05) is 18.9 Å². The maximum Gasteiger partial charge on any atom is 0.358 e. The van der Waals surface area contributed by atoms with Gasteiger partial charge in [0.25, 0.3) is 0 Å². The first-order valence-electron chi connectivity index (χ1n) is 5.22. The second-order valence-electron chi connectivity index (χ2n) is 3.83. The van der Waals surface area contributed by atoms with E-state index in [0.29, 0.717) is 18.7 Å². The van der Waals surface area contributed by atoms with Gasteiger partial charge in [-0.3, -0.25) is 9.89 Å². The van der Waals surface area contributed by atoms with Crippen LogP contribution in [0.5, 0.6) is 0 Å². The molecule has 1 aliphatic heterocycles. The molecule has 1 saturated heterocycles. The summed E-state index contributed by atoms with van der Waals surface area (Å²) in [6.45, 7) is 4.19. The highest BCUT2D eigenvalue weighted by atomic mass is 16.5. The molecule has 2 heterocycles. The van der Waals surface area contributed by atoms with Crippen LogP contribution >= 0.6 is 0 Å². The molecular formula is C11H13N3O3. The van der Waals surface area contributed by atoms with Crippen molar-refractivity contribution in [2.75, 3.05) is 18.6 Å². The van der Waals surface area contributed by atoms with E-state index in [2.05, 4.69) is 21.5 Å². The number of carbonyl (C=O) groups excluding carboxylic acids is 2. The average Bonchev–Trinajstić information content (AvgIpc) is 2.93. The summed E-state index contributed by atoms with van der Waals surface area (Å²) in [7, 11) is 1.28. The van der Waals surface area contributed by atoms with Crippen LogP contribution in [-0.2, 0) is 9.53 Å². The smallest absolute Gasteiger partial charge is 0.358 e. The number of aromatic nitrogens is 2. The van der Waals surface area contributed by atoms with Gasteiger partial charge in [0.05, 0.1) is 19.0 Å². The van der Waals surface area contributed by atoms with E-state index in [1.54, 1.807) is 6.08 Å². The molecule has 17 heavy (non-hydrogen) atoms. The molecule has 2 rings (SSSR count). The Balaban J connectivity index is 2.29. The number of hydrogen-bond donors (Lipinski definition) is 1. The zero-order chi connectivity index (χ0) is 12.4. The largest absolute Gasteiger partial charge is 0.464 e. The Morgan fingerprint density at radius 2 is 2.53 bits per heavy atom. The molecule has 0 radical (unpaired) electrons. The minimum atomic E-state index is -0.535. The molecule has 0 aromatic carbocycles. The van der Waals surface area contributed by atoms with E-state index >= 15 is 0 Å². The standard InChI is InChI=1S/C11H13N3O3/c1-3-7-4-9(15)14(6-7)8-5-12-13-10(8)11(16)17-2/h3,5,7H,1,4,6H2,2H3,(H,12,13). The molecule has 0 bridgehead atoms. The van der Waals surface area contributed by atoms with Gasteiger partial charge in [-0.25, -0.2) is 4.79 Å². The van der Waals surface area contributed by atoms with Crippen LogP contribution in [-0.4, -0.2) is 35.7 Å². The van der Waals surface area contributed by atoms with Crippen molar-refractivity contribution in [2.45, 2.75) is 6.42 Å². The van der Waals surface area contributed by atoms with Gasteiger partial charge in [0.15, 0.2) is 5.69 Å². The van der Waals surface area contributed by atoms with Crippen molar-refractivity contribution in [3.63, 3.8) is 0 Å². The number of methoxy groups -OCH3 is 1. The summed E-state index contributed by atoms with van der Waals surface area (Å²) in [5.41, 5.74) is 0.664. The maximum atomic E-state index is 11.8. The summed E-state index contributed by atoms with van der Waals surface area (Å²) in [5, 5.41) is 6.32. The van der Waals surface area contributed by atoms with Crippen LogP contribution in [0.2, 0.25) is 0 Å². The molecule has 0 spiro atoms. The van der Waals surface area contributed by atoms with Crippen LogP contribution in [0.1, 0.15) is 16.9 Å². The Kier molecular flexibility index (Phi) is 2.95. The summed E-state index contributed by atoms with van der Waals surface area (Å²) >= 11 is 0. The van der Waals surface area contributed by atoms with Gasteiger partial charge < -0.3 is 9.64 Å². The Morgan fingerprint density at radius 1 is 1.76 bits per heavy atom. The number of amides is 1. The predicted octanol–water partition coefficient (Wildman–Crippen LogP) is 0.735. The summed E-state index contributed by atoms with van der Waals surface area (Å²) in [6.07, 6.45) is 3.61. The van der Waals surface area contributed by atoms with Gasteiger partial charge in [-0.1, -0.05) is 6.08 Å². The second-order valence-corrected chi connectivity index (χ2v) is 3.83. The van der Waals surface area contributed by atoms with Crippen molar-refractivity contribution in [3.8, 4) is 0 Å². The first-order valence-corrected chi connectivity index (χ1v) is 5.22. The minimum Gasteiger partial charge on any atom is -0.464 e. The number of nitrogens with zero attached hydrogens (tertiary/aromatic N) is 2. The van der Waals surface area contributed by atoms with E-state index in [-0.39, 0.29) is 17.5 Å². The number of carbonyl (C=O) groups is 2. The summed E-state index contributed by atoms with van der Waals surface area (Å²) in [5.74, 6) is -0.461. The van der Waals surface area contributed by atoms with Gasteiger partial charge in [0.2, 0.25) is 5.91 Å². The van der Waals surface area contributed by atoms with Crippen LogP contribution < -0.4 is 4.90 Å². The third-order valence-corrected chi connectivity index (χ3v) is 2.79. The lowest BCUT2D eigenvalue weighted by Crippen LogP contribution is -2.26. The summed E-state index contributed by atoms with van der Waals surface area (Å²) in [4.78, 5) is 24.8.